The van der Waals surface area contributed by atoms with Gasteiger partial charge in [0.15, 0.2) is 0 Å². The lowest BCUT2D eigenvalue weighted by molar-refractivity contribution is 0.271. The van der Waals surface area contributed by atoms with Crippen LogP contribution in [-0.2, 0) is 6.54 Å². The van der Waals surface area contributed by atoms with Crippen molar-refractivity contribution in [2.45, 2.75) is 64.5 Å². The largest absolute Gasteiger partial charge is 0.335 e. The summed E-state index contributed by atoms with van der Waals surface area (Å²) in [4.78, 5) is 4.56. The van der Waals surface area contributed by atoms with E-state index < -0.39 is 0 Å². The minimum atomic E-state index is 0.302. The van der Waals surface area contributed by atoms with Crippen LogP contribution in [0.25, 0.3) is 0 Å². The fraction of sp³-hybridized carbons (Fsp3) is 0.786. The topological polar surface area (TPSA) is 43.8 Å². The first kappa shape index (κ1) is 12.6. The van der Waals surface area contributed by atoms with Gasteiger partial charge in [0, 0.05) is 30.9 Å². The Bertz CT molecular complexity index is 345. The van der Waals surface area contributed by atoms with Crippen LogP contribution in [0.3, 0.4) is 0 Å². The monoisotopic (exact) mass is 235 g/mol. The van der Waals surface area contributed by atoms with Gasteiger partial charge < -0.3 is 10.3 Å². The van der Waals surface area contributed by atoms with E-state index in [0.717, 1.165) is 25.3 Å². The van der Waals surface area contributed by atoms with Crippen LogP contribution in [0.4, 0.5) is 0 Å². The van der Waals surface area contributed by atoms with Gasteiger partial charge in [-0.25, -0.2) is 4.98 Å². The Morgan fingerprint density at radius 3 is 2.94 bits per heavy atom. The molecule has 3 atom stereocenters. The number of nitrogens with zero attached hydrogens (tertiary/aromatic N) is 2. The lowest BCUT2D eigenvalue weighted by atomic mass is 9.77. The Kier molecular flexibility index (Phi) is 4.21. The van der Waals surface area contributed by atoms with Gasteiger partial charge in [-0.15, -0.1) is 0 Å². The van der Waals surface area contributed by atoms with Gasteiger partial charge >= 0.3 is 0 Å². The summed E-state index contributed by atoms with van der Waals surface area (Å²) in [5.41, 5.74) is 6.30. The van der Waals surface area contributed by atoms with E-state index in [1.54, 1.807) is 0 Å². The van der Waals surface area contributed by atoms with E-state index in [1.807, 2.05) is 6.20 Å². The molecule has 0 aromatic carbocycles. The minimum absolute atomic E-state index is 0.302. The van der Waals surface area contributed by atoms with E-state index in [4.69, 9.17) is 5.73 Å². The van der Waals surface area contributed by atoms with Crippen LogP contribution in [0.5, 0.6) is 0 Å². The van der Waals surface area contributed by atoms with Crippen LogP contribution in [0.15, 0.2) is 12.4 Å². The molecule has 17 heavy (non-hydrogen) atoms. The quantitative estimate of drug-likeness (QED) is 0.872. The minimum Gasteiger partial charge on any atom is -0.335 e. The molecule has 96 valence electrons. The third kappa shape index (κ3) is 2.71. The van der Waals surface area contributed by atoms with Gasteiger partial charge in [-0.3, -0.25) is 0 Å². The summed E-state index contributed by atoms with van der Waals surface area (Å²) >= 11 is 0. The van der Waals surface area contributed by atoms with Crippen molar-refractivity contribution >= 4 is 0 Å². The predicted octanol–water partition coefficient (Wildman–Crippen LogP) is 2.91. The number of hydrogen-bond donors (Lipinski definition) is 1. The van der Waals surface area contributed by atoms with Crippen molar-refractivity contribution in [1.29, 1.82) is 0 Å². The van der Waals surface area contributed by atoms with Crippen LogP contribution in [0, 0.1) is 5.92 Å². The van der Waals surface area contributed by atoms with Crippen molar-refractivity contribution in [2.75, 3.05) is 0 Å². The van der Waals surface area contributed by atoms with Crippen molar-refractivity contribution < 1.29 is 0 Å². The third-order valence-electron chi connectivity index (χ3n) is 4.13. The van der Waals surface area contributed by atoms with Crippen molar-refractivity contribution in [2.24, 2.45) is 11.7 Å². The molecule has 0 bridgehead atoms. The summed E-state index contributed by atoms with van der Waals surface area (Å²) < 4.78 is 2.29. The Hall–Kier alpha value is -0.830. The molecule has 0 radical (unpaired) electrons. The van der Waals surface area contributed by atoms with E-state index in [-0.39, 0.29) is 0 Å². The van der Waals surface area contributed by atoms with Crippen molar-refractivity contribution in [1.82, 2.24) is 9.55 Å². The van der Waals surface area contributed by atoms with Gasteiger partial charge in [-0.2, -0.15) is 0 Å². The highest BCUT2D eigenvalue weighted by Crippen LogP contribution is 2.36. The maximum absolute atomic E-state index is 6.30. The predicted molar refractivity (Wildman–Crippen MR) is 70.9 cm³/mol. The standard InChI is InChI=1S/C14H25N3/c1-3-8-17-9-7-16-14(17)12-10-11(4-2)5-6-13(12)15/h7,9,11-13H,3-6,8,10,15H2,1-2H3. The molecule has 3 nitrogen and oxygen atoms in total. The van der Waals surface area contributed by atoms with Crippen LogP contribution in [-0.4, -0.2) is 15.6 Å². The Morgan fingerprint density at radius 2 is 2.24 bits per heavy atom. The summed E-state index contributed by atoms with van der Waals surface area (Å²) in [6.07, 6.45) is 10.1. The Morgan fingerprint density at radius 1 is 1.41 bits per heavy atom. The molecule has 2 N–H and O–H groups in total. The zero-order valence-electron chi connectivity index (χ0n) is 11.1. The summed E-state index contributed by atoms with van der Waals surface area (Å²) in [6.45, 7) is 5.56. The van der Waals surface area contributed by atoms with Gasteiger partial charge in [0.25, 0.3) is 0 Å². The number of aromatic nitrogens is 2. The van der Waals surface area contributed by atoms with Gasteiger partial charge in [-0.1, -0.05) is 20.3 Å². The molecule has 1 aromatic heterocycles. The fourth-order valence-corrected chi connectivity index (χ4v) is 3.03. The van der Waals surface area contributed by atoms with Crippen molar-refractivity contribution in [3.8, 4) is 0 Å². The highest BCUT2D eigenvalue weighted by molar-refractivity contribution is 5.06. The molecule has 0 saturated heterocycles. The average Bonchev–Trinajstić information content (AvgIpc) is 2.78. The van der Waals surface area contributed by atoms with Gasteiger partial charge in [0.2, 0.25) is 0 Å². The molecule has 1 aromatic rings. The van der Waals surface area contributed by atoms with Gasteiger partial charge in [-0.05, 0) is 31.6 Å². The van der Waals surface area contributed by atoms with E-state index in [9.17, 15) is 0 Å². The molecule has 3 heteroatoms. The molecule has 1 fully saturated rings. The first-order valence-corrected chi connectivity index (χ1v) is 7.02. The third-order valence-corrected chi connectivity index (χ3v) is 4.13. The number of imidazole rings is 1. The molecular formula is C14H25N3. The number of aryl methyl sites for hydroxylation is 1. The molecule has 0 spiro atoms. The average molecular weight is 235 g/mol. The molecule has 0 aliphatic heterocycles. The summed E-state index contributed by atoms with van der Waals surface area (Å²) in [5, 5.41) is 0. The molecule has 1 heterocycles. The van der Waals surface area contributed by atoms with Crippen LogP contribution in [0.1, 0.15) is 57.7 Å². The highest BCUT2D eigenvalue weighted by atomic mass is 15.1. The lowest BCUT2D eigenvalue weighted by Crippen LogP contribution is -2.36. The van der Waals surface area contributed by atoms with Crippen molar-refractivity contribution in [3.05, 3.63) is 18.2 Å². The summed E-state index contributed by atoms with van der Waals surface area (Å²) in [5.74, 6) is 2.53. The second-order valence-electron chi connectivity index (χ2n) is 5.34. The van der Waals surface area contributed by atoms with Crippen molar-refractivity contribution in [3.63, 3.8) is 0 Å². The molecule has 0 amide bonds. The molecular weight excluding hydrogens is 210 g/mol. The molecule has 3 unspecified atom stereocenters. The Balaban J connectivity index is 2.15. The molecule has 1 saturated carbocycles. The smallest absolute Gasteiger partial charge is 0.113 e. The molecule has 1 aliphatic rings. The van der Waals surface area contributed by atoms with E-state index in [2.05, 4.69) is 29.6 Å². The SMILES string of the molecule is CCCn1ccnc1C1CC(CC)CCC1N. The normalized spacial score (nSPS) is 29.5. The zero-order valence-corrected chi connectivity index (χ0v) is 11.1. The zero-order chi connectivity index (χ0) is 12.3. The second kappa shape index (κ2) is 5.67. The lowest BCUT2D eigenvalue weighted by Gasteiger charge is -2.33. The second-order valence-corrected chi connectivity index (χ2v) is 5.34. The van der Waals surface area contributed by atoms with Crippen LogP contribution < -0.4 is 5.73 Å². The first-order chi connectivity index (χ1) is 8.26. The summed E-state index contributed by atoms with van der Waals surface area (Å²) in [7, 11) is 0. The number of nitrogens with two attached hydrogens (primary N) is 1. The fourth-order valence-electron chi connectivity index (χ4n) is 3.03. The molecule has 1 aliphatic carbocycles. The number of rotatable bonds is 4. The molecule has 2 rings (SSSR count). The maximum Gasteiger partial charge on any atom is 0.113 e. The first-order valence-electron chi connectivity index (χ1n) is 7.02. The highest BCUT2D eigenvalue weighted by Gasteiger charge is 2.31. The van der Waals surface area contributed by atoms with E-state index in [1.165, 1.54) is 25.1 Å². The van der Waals surface area contributed by atoms with Crippen LogP contribution in [0.2, 0.25) is 0 Å². The van der Waals surface area contributed by atoms with E-state index >= 15 is 0 Å². The van der Waals surface area contributed by atoms with Crippen LogP contribution >= 0.6 is 0 Å². The van der Waals surface area contributed by atoms with Gasteiger partial charge in [0.1, 0.15) is 5.82 Å². The van der Waals surface area contributed by atoms with E-state index in [0.29, 0.717) is 12.0 Å². The maximum atomic E-state index is 6.30. The van der Waals surface area contributed by atoms with Gasteiger partial charge in [0.05, 0.1) is 0 Å². The Labute approximate surface area is 104 Å². The summed E-state index contributed by atoms with van der Waals surface area (Å²) in [6, 6.07) is 0.302. The number of hydrogen-bond acceptors (Lipinski definition) is 2.